The van der Waals surface area contributed by atoms with Gasteiger partial charge in [0.25, 0.3) is 0 Å². The maximum atomic E-state index is 4.26. The molecule has 2 saturated carbocycles. The highest BCUT2D eigenvalue weighted by Crippen LogP contribution is 2.35. The van der Waals surface area contributed by atoms with Gasteiger partial charge in [-0.1, -0.05) is 75.7 Å². The normalized spacial score (nSPS) is 22.8. The van der Waals surface area contributed by atoms with Gasteiger partial charge in [-0.25, -0.2) is 0 Å². The lowest BCUT2D eigenvalue weighted by Gasteiger charge is -2.16. The Kier molecular flexibility index (Phi) is 4.26. The minimum absolute atomic E-state index is 0.924. The molecule has 0 saturated heterocycles. The van der Waals surface area contributed by atoms with Crippen LogP contribution in [-0.4, -0.2) is 0 Å². The molecule has 0 unspecified atom stereocenters. The molecule has 0 heterocycles. The Morgan fingerprint density at radius 2 is 1.00 bits per heavy atom. The Morgan fingerprint density at radius 3 is 1.31 bits per heavy atom. The van der Waals surface area contributed by atoms with Crippen LogP contribution in [0.15, 0.2) is 24.3 Å². The second kappa shape index (κ2) is 5.70. The van der Waals surface area contributed by atoms with Crippen LogP contribution in [0.1, 0.15) is 64.2 Å². The largest absolute Gasteiger partial charge is 0.0956 e. The van der Waals surface area contributed by atoms with E-state index in [0.717, 1.165) is 11.8 Å². The first-order valence-electron chi connectivity index (χ1n) is 7.11. The fraction of sp³-hybridized carbons (Fsp3) is 0.750. The summed E-state index contributed by atoms with van der Waals surface area (Å²) in [6.45, 7) is 8.52. The molecular weight excluding hydrogens is 192 g/mol. The lowest BCUT2D eigenvalue weighted by Crippen LogP contribution is -2.01. The Hall–Kier alpha value is -0.520. The predicted molar refractivity (Wildman–Crippen MR) is 71.4 cm³/mol. The van der Waals surface area contributed by atoms with E-state index >= 15 is 0 Å². The highest BCUT2D eigenvalue weighted by molar-refractivity contribution is 5.26. The van der Waals surface area contributed by atoms with Crippen LogP contribution in [0.2, 0.25) is 0 Å². The topological polar surface area (TPSA) is 0 Å². The fourth-order valence-electron chi connectivity index (χ4n) is 3.41. The number of allylic oxidation sites excluding steroid dienone is 2. The molecule has 0 bridgehead atoms. The summed E-state index contributed by atoms with van der Waals surface area (Å²) >= 11 is 0. The third-order valence-electron chi connectivity index (χ3n) is 4.52. The Bertz CT molecular complexity index is 221. The van der Waals surface area contributed by atoms with Crippen molar-refractivity contribution in [3.8, 4) is 0 Å². The monoisotopic (exact) mass is 218 g/mol. The van der Waals surface area contributed by atoms with Crippen molar-refractivity contribution in [3.63, 3.8) is 0 Å². The molecule has 0 aliphatic heterocycles. The molecule has 2 fully saturated rings. The van der Waals surface area contributed by atoms with E-state index in [2.05, 4.69) is 13.2 Å². The van der Waals surface area contributed by atoms with Crippen LogP contribution < -0.4 is 0 Å². The lowest BCUT2D eigenvalue weighted by atomic mass is 9.89. The summed E-state index contributed by atoms with van der Waals surface area (Å²) < 4.78 is 0. The quantitative estimate of drug-likeness (QED) is 0.552. The van der Waals surface area contributed by atoms with Gasteiger partial charge in [0.15, 0.2) is 0 Å². The van der Waals surface area contributed by atoms with Gasteiger partial charge in [-0.3, -0.25) is 0 Å². The van der Waals surface area contributed by atoms with Crippen LogP contribution in [0.3, 0.4) is 0 Å². The van der Waals surface area contributed by atoms with Crippen molar-refractivity contribution >= 4 is 0 Å². The number of rotatable bonds is 5. The summed E-state index contributed by atoms with van der Waals surface area (Å²) in [4.78, 5) is 0. The van der Waals surface area contributed by atoms with Crippen molar-refractivity contribution in [2.75, 3.05) is 0 Å². The van der Waals surface area contributed by atoms with Crippen LogP contribution in [0, 0.1) is 11.8 Å². The van der Waals surface area contributed by atoms with Crippen molar-refractivity contribution in [2.45, 2.75) is 64.2 Å². The fourth-order valence-corrected chi connectivity index (χ4v) is 3.41. The molecule has 0 aromatic carbocycles. The van der Waals surface area contributed by atoms with Gasteiger partial charge < -0.3 is 0 Å². The van der Waals surface area contributed by atoms with Gasteiger partial charge in [0.2, 0.25) is 0 Å². The van der Waals surface area contributed by atoms with Crippen LogP contribution in [0.5, 0.6) is 0 Å². The Morgan fingerprint density at radius 1 is 0.688 bits per heavy atom. The van der Waals surface area contributed by atoms with Gasteiger partial charge >= 0.3 is 0 Å². The molecule has 0 N–H and O–H groups in total. The Balaban J connectivity index is 1.72. The molecule has 0 spiro atoms. The summed E-state index contributed by atoms with van der Waals surface area (Å²) in [5, 5.41) is 0. The summed E-state index contributed by atoms with van der Waals surface area (Å²) in [5.41, 5.74) is 2.72. The highest BCUT2D eigenvalue weighted by atomic mass is 14.3. The van der Waals surface area contributed by atoms with E-state index in [1.165, 1.54) is 75.4 Å². The smallest absolute Gasteiger partial charge is 0.0254 e. The zero-order valence-electron chi connectivity index (χ0n) is 10.6. The van der Waals surface area contributed by atoms with Crippen molar-refractivity contribution in [1.29, 1.82) is 0 Å². The first-order valence-corrected chi connectivity index (χ1v) is 7.11. The van der Waals surface area contributed by atoms with Crippen LogP contribution in [0.25, 0.3) is 0 Å². The van der Waals surface area contributed by atoms with Gasteiger partial charge in [-0.2, -0.15) is 0 Å². The second-order valence-corrected chi connectivity index (χ2v) is 5.92. The van der Waals surface area contributed by atoms with Crippen LogP contribution in [-0.2, 0) is 0 Å². The molecule has 0 nitrogen and oxygen atoms in total. The molecule has 0 radical (unpaired) electrons. The maximum Gasteiger partial charge on any atom is -0.0254 e. The van der Waals surface area contributed by atoms with Crippen molar-refractivity contribution in [1.82, 2.24) is 0 Å². The third-order valence-corrected chi connectivity index (χ3v) is 4.52. The first kappa shape index (κ1) is 12.0. The van der Waals surface area contributed by atoms with Gasteiger partial charge in [0.1, 0.15) is 0 Å². The highest BCUT2D eigenvalue weighted by Gasteiger charge is 2.19. The van der Waals surface area contributed by atoms with Crippen LogP contribution >= 0.6 is 0 Å². The SMILES string of the molecule is C=C(CC1CCCC1)C(=C)CC1CCCC1. The van der Waals surface area contributed by atoms with Gasteiger partial charge in [0.05, 0.1) is 0 Å². The van der Waals surface area contributed by atoms with Gasteiger partial charge in [-0.15, -0.1) is 0 Å². The Labute approximate surface area is 101 Å². The summed E-state index contributed by atoms with van der Waals surface area (Å²) in [6.07, 6.45) is 13.9. The van der Waals surface area contributed by atoms with Crippen LogP contribution in [0.4, 0.5) is 0 Å². The molecule has 90 valence electrons. The molecule has 0 heteroatoms. The van der Waals surface area contributed by atoms with E-state index in [-0.39, 0.29) is 0 Å². The molecule has 0 aromatic heterocycles. The molecule has 2 aliphatic rings. The minimum atomic E-state index is 0.924. The molecule has 2 rings (SSSR count). The van der Waals surface area contributed by atoms with E-state index in [1.54, 1.807) is 0 Å². The van der Waals surface area contributed by atoms with Crippen molar-refractivity contribution in [3.05, 3.63) is 24.3 Å². The van der Waals surface area contributed by atoms with Gasteiger partial charge in [-0.05, 0) is 24.7 Å². The first-order chi connectivity index (χ1) is 7.75. The molecule has 0 amide bonds. The van der Waals surface area contributed by atoms with E-state index < -0.39 is 0 Å². The number of hydrogen-bond acceptors (Lipinski definition) is 0. The molecule has 0 atom stereocenters. The average Bonchev–Trinajstić information content (AvgIpc) is 2.90. The molecular formula is C16H26. The zero-order valence-corrected chi connectivity index (χ0v) is 10.6. The average molecular weight is 218 g/mol. The standard InChI is InChI=1S/C16H26/c1-13(11-15-7-3-4-8-15)14(2)12-16-9-5-6-10-16/h15-16H,1-12H2. The lowest BCUT2D eigenvalue weighted by molar-refractivity contribution is 0.522. The molecule has 16 heavy (non-hydrogen) atoms. The molecule has 0 aromatic rings. The van der Waals surface area contributed by atoms with E-state index in [0.29, 0.717) is 0 Å². The zero-order chi connectivity index (χ0) is 11.4. The van der Waals surface area contributed by atoms with Gasteiger partial charge in [0, 0.05) is 0 Å². The van der Waals surface area contributed by atoms with E-state index in [1.807, 2.05) is 0 Å². The third kappa shape index (κ3) is 3.23. The summed E-state index contributed by atoms with van der Waals surface area (Å²) in [5.74, 6) is 1.85. The van der Waals surface area contributed by atoms with Crippen molar-refractivity contribution in [2.24, 2.45) is 11.8 Å². The maximum absolute atomic E-state index is 4.26. The minimum Gasteiger partial charge on any atom is -0.0956 e. The summed E-state index contributed by atoms with van der Waals surface area (Å²) in [6, 6.07) is 0. The van der Waals surface area contributed by atoms with E-state index in [4.69, 9.17) is 0 Å². The van der Waals surface area contributed by atoms with Crippen molar-refractivity contribution < 1.29 is 0 Å². The van der Waals surface area contributed by atoms with E-state index in [9.17, 15) is 0 Å². The second-order valence-electron chi connectivity index (χ2n) is 5.92. The number of hydrogen-bond donors (Lipinski definition) is 0. The summed E-state index contributed by atoms with van der Waals surface area (Å²) in [7, 11) is 0. The predicted octanol–water partition coefficient (Wildman–Crippen LogP) is 5.26. The molecule has 2 aliphatic carbocycles.